The molecular weight excluding hydrogens is 164 g/mol. The van der Waals surface area contributed by atoms with Crippen molar-refractivity contribution >= 4 is 5.97 Å². The zero-order chi connectivity index (χ0) is 10.3. The van der Waals surface area contributed by atoms with Gasteiger partial charge in [0.25, 0.3) is 0 Å². The van der Waals surface area contributed by atoms with Gasteiger partial charge in [-0.15, -0.1) is 0 Å². The van der Waals surface area contributed by atoms with Gasteiger partial charge in [0, 0.05) is 0 Å². The Hall–Kier alpha value is -1.83. The van der Waals surface area contributed by atoms with Crippen LogP contribution in [0.15, 0.2) is 62.0 Å². The van der Waals surface area contributed by atoms with E-state index in [1.165, 1.54) is 18.2 Å². The molecule has 0 aliphatic carbocycles. The van der Waals surface area contributed by atoms with Crippen LogP contribution in [-0.4, -0.2) is 5.97 Å². The second-order valence-electron chi connectivity index (χ2n) is 2.05. The lowest BCUT2D eigenvalue weighted by molar-refractivity contribution is -0.133. The Morgan fingerprint density at radius 1 is 1.00 bits per heavy atom. The van der Waals surface area contributed by atoms with Gasteiger partial charge in [-0.25, -0.2) is 4.79 Å². The monoisotopic (exact) mass is 176 g/mol. The average Bonchev–Trinajstić information content (AvgIpc) is 2.14. The van der Waals surface area contributed by atoms with Crippen molar-refractivity contribution < 1.29 is 9.53 Å². The van der Waals surface area contributed by atoms with E-state index >= 15 is 0 Å². The molecule has 2 heteroatoms. The molecule has 0 saturated heterocycles. The third kappa shape index (κ3) is 2.95. The molecule has 0 aromatic carbocycles. The number of esters is 1. The fourth-order valence-corrected chi connectivity index (χ4v) is 0.761. The zero-order valence-electron chi connectivity index (χ0n) is 7.45. The minimum atomic E-state index is -0.514. The van der Waals surface area contributed by atoms with E-state index < -0.39 is 5.97 Å². The summed E-state index contributed by atoms with van der Waals surface area (Å²) in [6, 6.07) is 0. The first-order valence-corrected chi connectivity index (χ1v) is 3.64. The standard InChI is InChI=1S/C11H12O2/c1-5-9(6-2)10(7-3)11(12)13-8-4/h5-8H,1-4H2. The topological polar surface area (TPSA) is 26.3 Å². The summed E-state index contributed by atoms with van der Waals surface area (Å²) in [6.45, 7) is 13.8. The summed E-state index contributed by atoms with van der Waals surface area (Å²) in [4.78, 5) is 11.2. The van der Waals surface area contributed by atoms with Crippen molar-refractivity contribution in [3.05, 3.63) is 62.0 Å². The highest BCUT2D eigenvalue weighted by Gasteiger charge is 2.08. The van der Waals surface area contributed by atoms with Gasteiger partial charge in [0.1, 0.15) is 0 Å². The molecule has 0 radical (unpaired) electrons. The molecule has 0 saturated carbocycles. The molecule has 0 fully saturated rings. The fourth-order valence-electron chi connectivity index (χ4n) is 0.761. The summed E-state index contributed by atoms with van der Waals surface area (Å²) >= 11 is 0. The van der Waals surface area contributed by atoms with Crippen LogP contribution in [0.2, 0.25) is 0 Å². The van der Waals surface area contributed by atoms with Crippen LogP contribution in [0, 0.1) is 0 Å². The van der Waals surface area contributed by atoms with E-state index in [0.29, 0.717) is 11.1 Å². The smallest absolute Gasteiger partial charge is 0.343 e. The van der Waals surface area contributed by atoms with E-state index in [1.807, 2.05) is 0 Å². The molecule has 68 valence electrons. The lowest BCUT2D eigenvalue weighted by Crippen LogP contribution is -2.03. The first kappa shape index (κ1) is 11.2. The van der Waals surface area contributed by atoms with Gasteiger partial charge in [-0.2, -0.15) is 0 Å². The second kappa shape index (κ2) is 5.77. The molecule has 0 unspecified atom stereocenters. The van der Waals surface area contributed by atoms with Crippen LogP contribution >= 0.6 is 0 Å². The van der Waals surface area contributed by atoms with Crippen LogP contribution in [0.3, 0.4) is 0 Å². The maximum absolute atomic E-state index is 11.2. The maximum atomic E-state index is 11.2. The molecule has 0 amide bonds. The number of rotatable bonds is 5. The summed E-state index contributed by atoms with van der Waals surface area (Å²) < 4.78 is 4.58. The highest BCUT2D eigenvalue weighted by atomic mass is 16.5. The quantitative estimate of drug-likeness (QED) is 0.278. The van der Waals surface area contributed by atoms with Gasteiger partial charge in [0.2, 0.25) is 0 Å². The van der Waals surface area contributed by atoms with Crippen LogP contribution in [0.4, 0.5) is 0 Å². The SMILES string of the molecule is C=COC(=O)C(C=C)=C(C=C)C=C. The van der Waals surface area contributed by atoms with E-state index in [1.54, 1.807) is 0 Å². The molecule has 13 heavy (non-hydrogen) atoms. The molecule has 2 nitrogen and oxygen atoms in total. The summed E-state index contributed by atoms with van der Waals surface area (Å²) in [5.41, 5.74) is 0.909. The molecule has 0 atom stereocenters. The van der Waals surface area contributed by atoms with Gasteiger partial charge in [0.15, 0.2) is 0 Å². The lowest BCUT2D eigenvalue weighted by Gasteiger charge is -2.02. The van der Waals surface area contributed by atoms with E-state index in [9.17, 15) is 4.79 Å². The largest absolute Gasteiger partial charge is 0.432 e. The normalized spacial score (nSPS) is 8.00. The first-order chi connectivity index (χ1) is 6.21. The highest BCUT2D eigenvalue weighted by molar-refractivity contribution is 5.93. The molecule has 0 rings (SSSR count). The Bertz CT molecular complexity index is 272. The predicted octanol–water partition coefficient (Wildman–Crippen LogP) is 2.53. The van der Waals surface area contributed by atoms with Crippen molar-refractivity contribution in [3.63, 3.8) is 0 Å². The van der Waals surface area contributed by atoms with Crippen molar-refractivity contribution in [2.45, 2.75) is 0 Å². The van der Waals surface area contributed by atoms with Crippen molar-refractivity contribution in [2.24, 2.45) is 0 Å². The number of hydrogen-bond acceptors (Lipinski definition) is 2. The fraction of sp³-hybridized carbons (Fsp3) is 0. The lowest BCUT2D eigenvalue weighted by atomic mass is 10.1. The maximum Gasteiger partial charge on any atom is 0.343 e. The van der Waals surface area contributed by atoms with E-state index in [2.05, 4.69) is 31.1 Å². The third-order valence-electron chi connectivity index (χ3n) is 1.37. The molecular formula is C11H12O2. The molecule has 0 spiro atoms. The predicted molar refractivity (Wildman–Crippen MR) is 53.9 cm³/mol. The van der Waals surface area contributed by atoms with Crippen LogP contribution < -0.4 is 0 Å². The third-order valence-corrected chi connectivity index (χ3v) is 1.37. The first-order valence-electron chi connectivity index (χ1n) is 3.64. The van der Waals surface area contributed by atoms with Crippen molar-refractivity contribution in [3.8, 4) is 0 Å². The van der Waals surface area contributed by atoms with Crippen molar-refractivity contribution in [2.75, 3.05) is 0 Å². The minimum Gasteiger partial charge on any atom is -0.432 e. The van der Waals surface area contributed by atoms with Gasteiger partial charge in [-0.05, 0) is 5.57 Å². The Labute approximate surface area is 78.2 Å². The highest BCUT2D eigenvalue weighted by Crippen LogP contribution is 2.10. The number of carbonyl (C=O) groups excluding carboxylic acids is 1. The Morgan fingerprint density at radius 2 is 1.54 bits per heavy atom. The van der Waals surface area contributed by atoms with Gasteiger partial charge in [-0.1, -0.05) is 44.5 Å². The summed E-state index contributed by atoms with van der Waals surface area (Å²) in [5.74, 6) is -0.514. The number of hydrogen-bond donors (Lipinski definition) is 0. The summed E-state index contributed by atoms with van der Waals surface area (Å²) in [5, 5.41) is 0. The molecule has 0 heterocycles. The molecule has 0 N–H and O–H groups in total. The average molecular weight is 176 g/mol. The van der Waals surface area contributed by atoms with Crippen LogP contribution in [0.5, 0.6) is 0 Å². The van der Waals surface area contributed by atoms with Crippen LogP contribution in [-0.2, 0) is 9.53 Å². The van der Waals surface area contributed by atoms with Crippen LogP contribution in [0.25, 0.3) is 0 Å². The number of ether oxygens (including phenoxy) is 1. The van der Waals surface area contributed by atoms with E-state index in [-0.39, 0.29) is 0 Å². The van der Waals surface area contributed by atoms with E-state index in [0.717, 1.165) is 6.26 Å². The molecule has 0 bridgehead atoms. The zero-order valence-corrected chi connectivity index (χ0v) is 7.45. The summed E-state index contributed by atoms with van der Waals surface area (Å²) in [6.07, 6.45) is 5.48. The van der Waals surface area contributed by atoms with Gasteiger partial charge >= 0.3 is 5.97 Å². The molecule has 0 aromatic heterocycles. The van der Waals surface area contributed by atoms with Crippen molar-refractivity contribution in [1.29, 1.82) is 0 Å². The Morgan fingerprint density at radius 3 is 1.85 bits per heavy atom. The van der Waals surface area contributed by atoms with Gasteiger partial charge < -0.3 is 4.74 Å². The van der Waals surface area contributed by atoms with Crippen LogP contribution in [0.1, 0.15) is 0 Å². The van der Waals surface area contributed by atoms with Crippen molar-refractivity contribution in [1.82, 2.24) is 0 Å². The molecule has 0 aliphatic rings. The van der Waals surface area contributed by atoms with Gasteiger partial charge in [-0.3, -0.25) is 0 Å². The summed E-state index contributed by atoms with van der Waals surface area (Å²) in [7, 11) is 0. The van der Waals surface area contributed by atoms with E-state index in [4.69, 9.17) is 0 Å². The minimum absolute atomic E-state index is 0.324. The van der Waals surface area contributed by atoms with Gasteiger partial charge in [0.05, 0.1) is 11.8 Å². The molecule has 0 aromatic rings. The number of allylic oxidation sites excluding steroid dienone is 3. The Balaban J connectivity index is 5.05. The second-order valence-corrected chi connectivity index (χ2v) is 2.05. The molecule has 0 aliphatic heterocycles. The Kier molecular flexibility index (Phi) is 4.96. The number of carbonyl (C=O) groups is 1.